The number of benzene rings is 1. The zero-order valence-corrected chi connectivity index (χ0v) is 14.4. The van der Waals surface area contributed by atoms with Crippen LogP contribution >= 0.6 is 23.2 Å². The summed E-state index contributed by atoms with van der Waals surface area (Å²) in [5, 5.41) is 4.24. The predicted molar refractivity (Wildman–Crippen MR) is 89.5 cm³/mol. The second-order valence-corrected chi connectivity index (χ2v) is 5.90. The number of aromatic nitrogens is 1. The largest absolute Gasteiger partial charge is 0.466 e. The molecular formula is C16H18Cl2N2O3. The van der Waals surface area contributed by atoms with Gasteiger partial charge in [-0.1, -0.05) is 23.2 Å². The molecule has 0 aliphatic heterocycles. The van der Waals surface area contributed by atoms with Crippen molar-refractivity contribution < 1.29 is 13.9 Å². The zero-order valence-electron chi connectivity index (χ0n) is 12.9. The van der Waals surface area contributed by atoms with Crippen LogP contribution in [0.3, 0.4) is 0 Å². The lowest BCUT2D eigenvalue weighted by Crippen LogP contribution is -2.28. The molecule has 1 N–H and O–H groups in total. The smallest absolute Gasteiger partial charge is 0.307 e. The maximum Gasteiger partial charge on any atom is 0.307 e. The van der Waals surface area contributed by atoms with Gasteiger partial charge in [0.05, 0.1) is 29.3 Å². The maximum absolute atomic E-state index is 11.4. The Morgan fingerprint density at radius 3 is 2.91 bits per heavy atom. The third kappa shape index (κ3) is 5.23. The zero-order chi connectivity index (χ0) is 16.8. The maximum atomic E-state index is 11.4. The number of hydrogen-bond donors (Lipinski definition) is 1. The van der Waals surface area contributed by atoms with E-state index in [9.17, 15) is 4.79 Å². The molecule has 5 nitrogen and oxygen atoms in total. The molecule has 0 aliphatic carbocycles. The molecule has 2 rings (SSSR count). The highest BCUT2D eigenvalue weighted by Crippen LogP contribution is 2.29. The van der Waals surface area contributed by atoms with Crippen molar-refractivity contribution in [3.05, 3.63) is 40.2 Å². The number of ether oxygens (including phenoxy) is 1. The van der Waals surface area contributed by atoms with E-state index in [0.29, 0.717) is 41.1 Å². The molecule has 2 aromatic rings. The Bertz CT molecular complexity index is 673. The Hall–Kier alpha value is -1.56. The van der Waals surface area contributed by atoms with E-state index in [1.54, 1.807) is 31.4 Å². The van der Waals surface area contributed by atoms with Crippen LogP contribution in [0.25, 0.3) is 11.5 Å². The molecule has 1 atom stereocenters. The topological polar surface area (TPSA) is 64.4 Å². The van der Waals surface area contributed by atoms with Crippen LogP contribution in [0, 0.1) is 0 Å². The van der Waals surface area contributed by atoms with Gasteiger partial charge in [-0.25, -0.2) is 4.98 Å². The number of halogens is 2. The standard InChI is InChI=1S/C16H18Cl2N2O3/c1-3-22-15(21)6-10(2)19-8-12-9-23-16(20-12)13-5-4-11(17)7-14(13)18/h4-5,7,9-10,19H,3,6,8H2,1-2H3. The van der Waals surface area contributed by atoms with Crippen LogP contribution < -0.4 is 5.32 Å². The molecule has 0 radical (unpaired) electrons. The highest BCUT2D eigenvalue weighted by Gasteiger charge is 2.13. The molecule has 1 heterocycles. The van der Waals surface area contributed by atoms with Gasteiger partial charge in [0, 0.05) is 17.6 Å². The number of carbonyl (C=O) groups excluding carboxylic acids is 1. The Balaban J connectivity index is 1.93. The summed E-state index contributed by atoms with van der Waals surface area (Å²) in [5.74, 6) is 0.211. The van der Waals surface area contributed by atoms with E-state index in [1.165, 1.54) is 0 Å². The summed E-state index contributed by atoms with van der Waals surface area (Å²) in [6, 6.07) is 5.11. The molecule has 0 saturated heterocycles. The van der Waals surface area contributed by atoms with Crippen molar-refractivity contribution in [2.45, 2.75) is 32.9 Å². The second kappa shape index (κ2) is 8.34. The van der Waals surface area contributed by atoms with Crippen LogP contribution in [0.4, 0.5) is 0 Å². The lowest BCUT2D eigenvalue weighted by Gasteiger charge is -2.11. The third-order valence-electron chi connectivity index (χ3n) is 3.12. The number of nitrogens with one attached hydrogen (secondary N) is 1. The van der Waals surface area contributed by atoms with E-state index in [4.69, 9.17) is 32.4 Å². The quantitative estimate of drug-likeness (QED) is 0.757. The molecule has 1 aromatic carbocycles. The van der Waals surface area contributed by atoms with E-state index < -0.39 is 0 Å². The summed E-state index contributed by atoms with van der Waals surface area (Å²) in [7, 11) is 0. The molecule has 124 valence electrons. The summed E-state index contributed by atoms with van der Waals surface area (Å²) >= 11 is 12.0. The number of carbonyl (C=O) groups is 1. The minimum atomic E-state index is -0.221. The van der Waals surface area contributed by atoms with Gasteiger partial charge >= 0.3 is 5.97 Å². The molecule has 0 aliphatic rings. The Labute approximate surface area is 144 Å². The monoisotopic (exact) mass is 356 g/mol. The summed E-state index contributed by atoms with van der Waals surface area (Å²) < 4.78 is 10.4. The second-order valence-electron chi connectivity index (χ2n) is 5.06. The number of rotatable bonds is 7. The molecule has 0 bridgehead atoms. The molecule has 0 saturated carbocycles. The van der Waals surface area contributed by atoms with Gasteiger partial charge in [0.25, 0.3) is 0 Å². The predicted octanol–water partition coefficient (Wildman–Crippen LogP) is 4.08. The van der Waals surface area contributed by atoms with Gasteiger partial charge in [-0.15, -0.1) is 0 Å². The first kappa shape index (κ1) is 17.8. The van der Waals surface area contributed by atoms with Crippen molar-refractivity contribution in [2.24, 2.45) is 0 Å². The van der Waals surface area contributed by atoms with Gasteiger partial charge in [-0.05, 0) is 32.0 Å². The van der Waals surface area contributed by atoms with Crippen LogP contribution in [0.15, 0.2) is 28.9 Å². The van der Waals surface area contributed by atoms with Gasteiger partial charge < -0.3 is 14.5 Å². The number of hydrogen-bond acceptors (Lipinski definition) is 5. The number of esters is 1. The lowest BCUT2D eigenvalue weighted by atomic mass is 10.2. The molecule has 23 heavy (non-hydrogen) atoms. The van der Waals surface area contributed by atoms with E-state index in [0.717, 1.165) is 5.69 Å². The summed E-state index contributed by atoms with van der Waals surface area (Å²) in [5.41, 5.74) is 1.41. The van der Waals surface area contributed by atoms with Gasteiger partial charge in [0.2, 0.25) is 5.89 Å². The van der Waals surface area contributed by atoms with Crippen LogP contribution in [-0.2, 0) is 16.1 Å². The molecule has 1 unspecified atom stereocenters. The Morgan fingerprint density at radius 1 is 1.43 bits per heavy atom. The lowest BCUT2D eigenvalue weighted by molar-refractivity contribution is -0.143. The fourth-order valence-electron chi connectivity index (χ4n) is 2.00. The summed E-state index contributed by atoms with van der Waals surface area (Å²) in [4.78, 5) is 15.8. The summed E-state index contributed by atoms with van der Waals surface area (Å²) in [6.45, 7) is 4.57. The number of oxazole rings is 1. The number of nitrogens with zero attached hydrogens (tertiary/aromatic N) is 1. The molecular weight excluding hydrogens is 339 g/mol. The first-order valence-corrected chi connectivity index (χ1v) is 8.04. The highest BCUT2D eigenvalue weighted by atomic mass is 35.5. The average molecular weight is 357 g/mol. The van der Waals surface area contributed by atoms with Gasteiger partial charge in [-0.3, -0.25) is 4.79 Å². The van der Waals surface area contributed by atoms with Crippen molar-refractivity contribution in [1.82, 2.24) is 10.3 Å². The van der Waals surface area contributed by atoms with E-state index >= 15 is 0 Å². The van der Waals surface area contributed by atoms with E-state index in [2.05, 4.69) is 10.3 Å². The van der Waals surface area contributed by atoms with Crippen molar-refractivity contribution in [3.63, 3.8) is 0 Å². The first-order chi connectivity index (χ1) is 11.0. The van der Waals surface area contributed by atoms with Gasteiger partial charge in [-0.2, -0.15) is 0 Å². The average Bonchev–Trinajstić information content (AvgIpc) is 2.94. The minimum Gasteiger partial charge on any atom is -0.466 e. The molecule has 0 fully saturated rings. The Morgan fingerprint density at radius 2 is 2.22 bits per heavy atom. The molecule has 0 spiro atoms. The molecule has 0 amide bonds. The van der Waals surface area contributed by atoms with Crippen molar-refractivity contribution in [3.8, 4) is 11.5 Å². The van der Waals surface area contributed by atoms with Gasteiger partial charge in [0.1, 0.15) is 6.26 Å². The van der Waals surface area contributed by atoms with Crippen LogP contribution in [-0.4, -0.2) is 23.6 Å². The summed E-state index contributed by atoms with van der Waals surface area (Å²) in [6.07, 6.45) is 1.87. The minimum absolute atomic E-state index is 0.0201. The highest BCUT2D eigenvalue weighted by molar-refractivity contribution is 6.36. The third-order valence-corrected chi connectivity index (χ3v) is 3.67. The normalized spacial score (nSPS) is 12.2. The first-order valence-electron chi connectivity index (χ1n) is 7.28. The molecule has 7 heteroatoms. The van der Waals surface area contributed by atoms with E-state index in [-0.39, 0.29) is 12.0 Å². The van der Waals surface area contributed by atoms with Crippen molar-refractivity contribution >= 4 is 29.2 Å². The van der Waals surface area contributed by atoms with Crippen molar-refractivity contribution in [1.29, 1.82) is 0 Å². The Kier molecular flexibility index (Phi) is 6.45. The fourth-order valence-corrected chi connectivity index (χ4v) is 2.49. The van der Waals surface area contributed by atoms with Gasteiger partial charge in [0.15, 0.2) is 0 Å². The van der Waals surface area contributed by atoms with Crippen molar-refractivity contribution in [2.75, 3.05) is 6.61 Å². The van der Waals surface area contributed by atoms with Crippen LogP contribution in [0.5, 0.6) is 0 Å². The molecule has 1 aromatic heterocycles. The van der Waals surface area contributed by atoms with E-state index in [1.807, 2.05) is 6.92 Å². The van der Waals surface area contributed by atoms with Crippen LogP contribution in [0.2, 0.25) is 10.0 Å². The van der Waals surface area contributed by atoms with Crippen LogP contribution in [0.1, 0.15) is 26.0 Å². The fraction of sp³-hybridized carbons (Fsp3) is 0.375. The SMILES string of the molecule is CCOC(=O)CC(C)NCc1coc(-c2ccc(Cl)cc2Cl)n1.